The summed E-state index contributed by atoms with van der Waals surface area (Å²) in [4.78, 5) is 10.4. The second-order valence-corrected chi connectivity index (χ2v) is 3.36. The van der Waals surface area contributed by atoms with Crippen molar-refractivity contribution in [2.24, 2.45) is 0 Å². The third-order valence-electron chi connectivity index (χ3n) is 2.16. The maximum Gasteiger partial charge on any atom is 0.207 e. The molecule has 0 aliphatic heterocycles. The van der Waals surface area contributed by atoms with E-state index in [1.807, 2.05) is 32.1 Å². The number of rotatable bonds is 7. The minimum absolute atomic E-state index is 0.232. The van der Waals surface area contributed by atoms with Crippen LogP contribution in [0.15, 0.2) is 36.0 Å². The van der Waals surface area contributed by atoms with Crippen LogP contribution in [-0.2, 0) is 4.79 Å². The fraction of sp³-hybridized carbons (Fsp3) is 0.462. The van der Waals surface area contributed by atoms with Gasteiger partial charge in [0.15, 0.2) is 0 Å². The molecule has 1 atom stereocenters. The summed E-state index contributed by atoms with van der Waals surface area (Å²) in [5.41, 5.74) is 1.23. The number of hydrogen-bond acceptors (Lipinski definition) is 1. The molecule has 0 fully saturated rings. The first-order valence-corrected chi connectivity index (χ1v) is 5.42. The van der Waals surface area contributed by atoms with Crippen molar-refractivity contribution in [1.29, 1.82) is 0 Å². The molecule has 84 valence electrons. The molecule has 2 heteroatoms. The van der Waals surface area contributed by atoms with Crippen molar-refractivity contribution in [2.45, 2.75) is 39.7 Å². The van der Waals surface area contributed by atoms with Crippen molar-refractivity contribution in [1.82, 2.24) is 5.32 Å². The molecule has 0 spiro atoms. The lowest BCUT2D eigenvalue weighted by molar-refractivity contribution is -0.110. The van der Waals surface area contributed by atoms with Crippen LogP contribution in [0.1, 0.15) is 33.6 Å². The first-order chi connectivity index (χ1) is 7.28. The summed E-state index contributed by atoms with van der Waals surface area (Å²) in [6.45, 7) is 6.06. The summed E-state index contributed by atoms with van der Waals surface area (Å²) in [5.74, 6) is 0. The zero-order valence-corrected chi connectivity index (χ0v) is 9.86. The Hall–Kier alpha value is -1.31. The van der Waals surface area contributed by atoms with Gasteiger partial charge < -0.3 is 5.32 Å². The summed E-state index contributed by atoms with van der Waals surface area (Å²) in [6, 6.07) is 0.232. The number of carbonyl (C=O) groups is 1. The molecule has 1 N–H and O–H groups in total. The molecule has 1 amide bonds. The van der Waals surface area contributed by atoms with Gasteiger partial charge in [-0.3, -0.25) is 4.79 Å². The van der Waals surface area contributed by atoms with Crippen molar-refractivity contribution >= 4 is 6.41 Å². The highest BCUT2D eigenvalue weighted by molar-refractivity contribution is 5.47. The van der Waals surface area contributed by atoms with Gasteiger partial charge in [-0.05, 0) is 32.3 Å². The maximum atomic E-state index is 10.4. The molecule has 0 bridgehead atoms. The minimum Gasteiger partial charge on any atom is -0.356 e. The molecule has 2 nitrogen and oxygen atoms in total. The van der Waals surface area contributed by atoms with E-state index in [1.54, 1.807) is 0 Å². The highest BCUT2D eigenvalue weighted by Crippen LogP contribution is 2.10. The summed E-state index contributed by atoms with van der Waals surface area (Å²) >= 11 is 0. The molecule has 0 saturated heterocycles. The molecule has 0 aromatic heterocycles. The van der Waals surface area contributed by atoms with Gasteiger partial charge >= 0.3 is 0 Å². The largest absolute Gasteiger partial charge is 0.356 e. The fourth-order valence-electron chi connectivity index (χ4n) is 1.33. The normalized spacial score (nSPS) is 14.7. The highest BCUT2D eigenvalue weighted by Gasteiger charge is 2.05. The van der Waals surface area contributed by atoms with E-state index in [0.29, 0.717) is 0 Å². The van der Waals surface area contributed by atoms with Crippen LogP contribution in [0.4, 0.5) is 0 Å². The highest BCUT2D eigenvalue weighted by atomic mass is 16.1. The van der Waals surface area contributed by atoms with E-state index >= 15 is 0 Å². The molecule has 15 heavy (non-hydrogen) atoms. The van der Waals surface area contributed by atoms with Gasteiger partial charge in [-0.25, -0.2) is 0 Å². The zero-order chi connectivity index (χ0) is 11.5. The predicted octanol–water partition coefficient (Wildman–Crippen LogP) is 2.98. The zero-order valence-electron chi connectivity index (χ0n) is 9.86. The van der Waals surface area contributed by atoms with Crippen LogP contribution in [-0.4, -0.2) is 12.5 Å². The van der Waals surface area contributed by atoms with Gasteiger partial charge in [-0.15, -0.1) is 0 Å². The molecule has 0 heterocycles. The number of carbonyl (C=O) groups excluding carboxylic acids is 1. The van der Waals surface area contributed by atoms with Crippen molar-refractivity contribution < 1.29 is 4.79 Å². The second kappa shape index (κ2) is 9.25. The number of hydrogen-bond donors (Lipinski definition) is 1. The fourth-order valence-corrected chi connectivity index (χ4v) is 1.33. The van der Waals surface area contributed by atoms with Gasteiger partial charge in [0.1, 0.15) is 0 Å². The molecular formula is C13H21NO. The summed E-state index contributed by atoms with van der Waals surface area (Å²) in [6.07, 6.45) is 12.8. The molecule has 0 saturated carbocycles. The topological polar surface area (TPSA) is 29.1 Å². The SMILES string of the molecule is C\C=C/C=C(\C=C/C)CC(CC)NC=O. The Morgan fingerprint density at radius 2 is 2.07 bits per heavy atom. The van der Waals surface area contributed by atoms with Gasteiger partial charge in [0.2, 0.25) is 6.41 Å². The van der Waals surface area contributed by atoms with E-state index in [0.717, 1.165) is 19.3 Å². The Morgan fingerprint density at radius 1 is 1.33 bits per heavy atom. The van der Waals surface area contributed by atoms with Gasteiger partial charge in [-0.1, -0.05) is 37.3 Å². The Bertz CT molecular complexity index is 251. The van der Waals surface area contributed by atoms with E-state index in [-0.39, 0.29) is 6.04 Å². The summed E-state index contributed by atoms with van der Waals surface area (Å²) in [5, 5.41) is 2.82. The first-order valence-electron chi connectivity index (χ1n) is 5.42. The smallest absolute Gasteiger partial charge is 0.207 e. The number of nitrogens with one attached hydrogen (secondary N) is 1. The maximum absolute atomic E-state index is 10.4. The van der Waals surface area contributed by atoms with Crippen LogP contribution >= 0.6 is 0 Å². The molecule has 1 unspecified atom stereocenters. The predicted molar refractivity (Wildman–Crippen MR) is 65.6 cm³/mol. The van der Waals surface area contributed by atoms with Crippen LogP contribution in [0, 0.1) is 0 Å². The summed E-state index contributed by atoms with van der Waals surface area (Å²) in [7, 11) is 0. The lowest BCUT2D eigenvalue weighted by Gasteiger charge is -2.13. The van der Waals surface area contributed by atoms with Crippen molar-refractivity contribution in [3.63, 3.8) is 0 Å². The van der Waals surface area contributed by atoms with Gasteiger partial charge in [-0.2, -0.15) is 0 Å². The lowest BCUT2D eigenvalue weighted by atomic mass is 10.0. The van der Waals surface area contributed by atoms with E-state index in [9.17, 15) is 4.79 Å². The van der Waals surface area contributed by atoms with Crippen LogP contribution in [0.25, 0.3) is 0 Å². The van der Waals surface area contributed by atoms with E-state index < -0.39 is 0 Å². The first kappa shape index (κ1) is 13.7. The van der Waals surface area contributed by atoms with Crippen molar-refractivity contribution in [3.8, 4) is 0 Å². The molecule has 0 aromatic carbocycles. The van der Waals surface area contributed by atoms with Crippen LogP contribution < -0.4 is 5.32 Å². The molecule has 0 aromatic rings. The van der Waals surface area contributed by atoms with Crippen LogP contribution in [0.3, 0.4) is 0 Å². The average molecular weight is 207 g/mol. The lowest BCUT2D eigenvalue weighted by Crippen LogP contribution is -2.27. The molecule has 0 aliphatic rings. The van der Waals surface area contributed by atoms with Crippen molar-refractivity contribution in [3.05, 3.63) is 36.0 Å². The van der Waals surface area contributed by atoms with E-state index in [2.05, 4.69) is 24.4 Å². The average Bonchev–Trinajstić information content (AvgIpc) is 2.25. The summed E-state index contributed by atoms with van der Waals surface area (Å²) < 4.78 is 0. The van der Waals surface area contributed by atoms with Gasteiger partial charge in [0.05, 0.1) is 0 Å². The Balaban J connectivity index is 4.43. The number of amides is 1. The molecule has 0 radical (unpaired) electrons. The van der Waals surface area contributed by atoms with Crippen LogP contribution in [0.5, 0.6) is 0 Å². The molecule has 0 aliphatic carbocycles. The quantitative estimate of drug-likeness (QED) is 0.504. The third kappa shape index (κ3) is 6.72. The standard InChI is InChI=1S/C13H21NO/c1-4-7-9-12(8-5-2)10-13(6-3)14-11-15/h4-5,7-9,11,13H,6,10H2,1-3H3,(H,14,15)/b7-4-,8-5-,12-9+. The van der Waals surface area contributed by atoms with Crippen molar-refractivity contribution in [2.75, 3.05) is 0 Å². The Morgan fingerprint density at radius 3 is 2.53 bits per heavy atom. The van der Waals surface area contributed by atoms with E-state index in [1.165, 1.54) is 5.57 Å². The number of allylic oxidation sites excluding steroid dienone is 5. The third-order valence-corrected chi connectivity index (χ3v) is 2.16. The second-order valence-electron chi connectivity index (χ2n) is 3.36. The molecule has 0 rings (SSSR count). The Kier molecular flexibility index (Phi) is 8.44. The monoisotopic (exact) mass is 207 g/mol. The van der Waals surface area contributed by atoms with Gasteiger partial charge in [0.25, 0.3) is 0 Å². The Labute approximate surface area is 92.8 Å². The minimum atomic E-state index is 0.232. The van der Waals surface area contributed by atoms with Crippen LogP contribution in [0.2, 0.25) is 0 Å². The molecular weight excluding hydrogens is 186 g/mol. The van der Waals surface area contributed by atoms with E-state index in [4.69, 9.17) is 0 Å². The van der Waals surface area contributed by atoms with Gasteiger partial charge in [0, 0.05) is 6.04 Å².